The Labute approximate surface area is 206 Å². The van der Waals surface area contributed by atoms with Crippen LogP contribution >= 0.6 is 0 Å². The Kier molecular flexibility index (Phi) is 6.37. The Bertz CT molecular complexity index is 1480. The normalized spacial score (nSPS) is 17.3. The van der Waals surface area contributed by atoms with Crippen molar-refractivity contribution < 1.29 is 14.6 Å². The third-order valence-corrected chi connectivity index (χ3v) is 6.14. The Morgan fingerprint density at radius 3 is 2.89 bits per heavy atom. The molecule has 1 unspecified atom stereocenters. The highest BCUT2D eigenvalue weighted by Gasteiger charge is 2.23. The summed E-state index contributed by atoms with van der Waals surface area (Å²) in [6.45, 7) is 7.65. The van der Waals surface area contributed by atoms with E-state index in [1.807, 2.05) is 46.0 Å². The molecule has 0 saturated carbocycles. The quantitative estimate of drug-likeness (QED) is 0.336. The van der Waals surface area contributed by atoms with E-state index >= 15 is 0 Å². The summed E-state index contributed by atoms with van der Waals surface area (Å²) in [7, 11) is 2.00. The second kappa shape index (κ2) is 9.63. The number of pyridine rings is 1. The van der Waals surface area contributed by atoms with Crippen LogP contribution in [0.25, 0.3) is 34.3 Å². The van der Waals surface area contributed by atoms with E-state index in [4.69, 9.17) is 9.47 Å². The molecule has 0 radical (unpaired) electrons. The van der Waals surface area contributed by atoms with Crippen LogP contribution in [-0.4, -0.2) is 78.1 Å². The van der Waals surface area contributed by atoms with Crippen LogP contribution in [0.5, 0.6) is 11.8 Å². The maximum Gasteiger partial charge on any atom is 0.276 e. The van der Waals surface area contributed by atoms with Gasteiger partial charge in [0.1, 0.15) is 6.10 Å². The second-order valence-electron chi connectivity index (χ2n) is 8.94. The molecule has 4 N–H and O–H groups in total. The number of ether oxygens (including phenoxy) is 2. The van der Waals surface area contributed by atoms with E-state index in [-0.39, 0.29) is 18.3 Å². The van der Waals surface area contributed by atoms with Crippen molar-refractivity contribution in [3.8, 4) is 23.0 Å². The molecule has 12 nitrogen and oxygen atoms in total. The minimum Gasteiger partial charge on any atom is -0.476 e. The molecule has 12 heteroatoms. The standard InChI is InChI=1S/C24H30N8O4/c1-5-35-23-15-6-7-17-16-10-18(25-22(34)21(16)28-27-17)20-14(3)26-29-24(20)36-13(2)11-31(4)12-19(15)32(30-23)8-9-33/h6-7,10,13,33H,5,8-9,11-12H2,1-4H3,(H,25,34)(H,26,29)(H,27,28)/b7-6+. The zero-order valence-corrected chi connectivity index (χ0v) is 20.8. The zero-order valence-electron chi connectivity index (χ0n) is 20.8. The van der Waals surface area contributed by atoms with Gasteiger partial charge in [0.05, 0.1) is 48.0 Å². The molecule has 4 aromatic rings. The molecule has 36 heavy (non-hydrogen) atoms. The lowest BCUT2D eigenvalue weighted by Gasteiger charge is -2.22. The van der Waals surface area contributed by atoms with E-state index < -0.39 is 0 Å². The van der Waals surface area contributed by atoms with Gasteiger partial charge in [-0.05, 0) is 46.0 Å². The maximum absolute atomic E-state index is 12.9. The molecule has 1 aliphatic heterocycles. The van der Waals surface area contributed by atoms with Gasteiger partial charge in [-0.3, -0.25) is 24.6 Å². The molecule has 190 valence electrons. The van der Waals surface area contributed by atoms with Gasteiger partial charge in [0.25, 0.3) is 5.56 Å². The molecule has 1 aliphatic rings. The smallest absolute Gasteiger partial charge is 0.276 e. The van der Waals surface area contributed by atoms with Crippen molar-refractivity contribution in [3.05, 3.63) is 39.1 Å². The van der Waals surface area contributed by atoms with Gasteiger partial charge in [-0.2, -0.15) is 5.10 Å². The summed E-state index contributed by atoms with van der Waals surface area (Å²) in [6.07, 6.45) is 3.57. The van der Waals surface area contributed by atoms with Crippen molar-refractivity contribution in [2.75, 3.05) is 26.8 Å². The van der Waals surface area contributed by atoms with Crippen LogP contribution in [0.2, 0.25) is 0 Å². The average Bonchev–Trinajstić information content (AvgIpc) is 3.49. The minimum atomic E-state index is -0.312. The van der Waals surface area contributed by atoms with E-state index in [0.717, 1.165) is 17.0 Å². The van der Waals surface area contributed by atoms with E-state index in [9.17, 15) is 9.90 Å². The highest BCUT2D eigenvalue weighted by molar-refractivity contribution is 5.92. The Balaban J connectivity index is 1.73. The number of fused-ring (bicyclic) bond motifs is 4. The summed E-state index contributed by atoms with van der Waals surface area (Å²) < 4.78 is 13.8. The molecule has 0 aliphatic carbocycles. The van der Waals surface area contributed by atoms with Crippen LogP contribution < -0.4 is 15.0 Å². The number of aromatic nitrogens is 7. The van der Waals surface area contributed by atoms with Gasteiger partial charge >= 0.3 is 0 Å². The SMILES string of the molecule is CCOc1nn(CCO)c2c1/C=C/c1[nH]nc3c(=O)[nH]c(cc13)-c1c(n[nH]c1C)OC(C)CN(C)C2. The van der Waals surface area contributed by atoms with Crippen molar-refractivity contribution in [3.63, 3.8) is 0 Å². The second-order valence-corrected chi connectivity index (χ2v) is 8.94. The molecule has 0 fully saturated rings. The van der Waals surface area contributed by atoms with Crippen molar-refractivity contribution in [2.24, 2.45) is 0 Å². The first-order valence-electron chi connectivity index (χ1n) is 11.9. The topological polar surface area (TPSA) is 150 Å². The van der Waals surface area contributed by atoms with Gasteiger partial charge in [0, 0.05) is 24.2 Å². The molecular weight excluding hydrogens is 464 g/mol. The van der Waals surface area contributed by atoms with Crippen molar-refractivity contribution >= 4 is 23.1 Å². The van der Waals surface area contributed by atoms with Crippen LogP contribution in [0.3, 0.4) is 0 Å². The number of hydrogen-bond donors (Lipinski definition) is 4. The fraction of sp³-hybridized carbons (Fsp3) is 0.417. The fourth-order valence-electron chi connectivity index (χ4n) is 4.61. The molecule has 5 heterocycles. The number of H-pyrrole nitrogens is 3. The molecule has 0 amide bonds. The minimum absolute atomic E-state index is 0.0509. The van der Waals surface area contributed by atoms with Crippen LogP contribution in [-0.2, 0) is 13.1 Å². The molecule has 1 atom stereocenters. The van der Waals surface area contributed by atoms with Gasteiger partial charge in [0.2, 0.25) is 11.8 Å². The third kappa shape index (κ3) is 4.29. The summed E-state index contributed by atoms with van der Waals surface area (Å²) in [5.41, 5.74) is 4.43. The lowest BCUT2D eigenvalue weighted by Crippen LogP contribution is -2.32. The summed E-state index contributed by atoms with van der Waals surface area (Å²) in [5, 5.41) is 29.4. The Morgan fingerprint density at radius 2 is 2.11 bits per heavy atom. The summed E-state index contributed by atoms with van der Waals surface area (Å²) >= 11 is 0. The summed E-state index contributed by atoms with van der Waals surface area (Å²) in [5.74, 6) is 0.904. The monoisotopic (exact) mass is 494 g/mol. The Hall–Kier alpha value is -3.90. The number of hydrogen-bond acceptors (Lipinski definition) is 8. The van der Waals surface area contributed by atoms with Crippen LogP contribution in [0, 0.1) is 6.92 Å². The van der Waals surface area contributed by atoms with E-state index in [0.29, 0.717) is 65.9 Å². The van der Waals surface area contributed by atoms with Crippen molar-refractivity contribution in [1.82, 2.24) is 40.1 Å². The van der Waals surface area contributed by atoms with Gasteiger partial charge in [-0.25, -0.2) is 0 Å². The van der Waals surface area contributed by atoms with Crippen molar-refractivity contribution in [1.29, 1.82) is 0 Å². The molecule has 0 aromatic carbocycles. The van der Waals surface area contributed by atoms with Crippen LogP contribution in [0.1, 0.15) is 36.5 Å². The number of nitrogens with zero attached hydrogens (tertiary/aromatic N) is 5. The van der Waals surface area contributed by atoms with Crippen LogP contribution in [0.4, 0.5) is 0 Å². The maximum atomic E-state index is 12.9. The first-order valence-corrected chi connectivity index (χ1v) is 11.9. The predicted molar refractivity (Wildman–Crippen MR) is 135 cm³/mol. The highest BCUT2D eigenvalue weighted by Crippen LogP contribution is 2.33. The molecule has 0 spiro atoms. The number of nitrogens with one attached hydrogen (secondary N) is 3. The van der Waals surface area contributed by atoms with Gasteiger partial charge in [-0.1, -0.05) is 0 Å². The van der Waals surface area contributed by atoms with Gasteiger partial charge in [0.15, 0.2) is 5.52 Å². The summed E-state index contributed by atoms with van der Waals surface area (Å²) in [4.78, 5) is 17.9. The number of aryl methyl sites for hydroxylation is 1. The fourth-order valence-corrected chi connectivity index (χ4v) is 4.61. The first kappa shape index (κ1) is 23.8. The van der Waals surface area contributed by atoms with Crippen LogP contribution in [0.15, 0.2) is 10.9 Å². The predicted octanol–water partition coefficient (Wildman–Crippen LogP) is 1.92. The lowest BCUT2D eigenvalue weighted by atomic mass is 10.1. The number of aromatic amines is 3. The first-order chi connectivity index (χ1) is 17.4. The average molecular weight is 495 g/mol. The third-order valence-electron chi connectivity index (χ3n) is 6.14. The number of likely N-dealkylation sites (N-methyl/N-ethyl adjacent to an activating group) is 1. The van der Waals surface area contributed by atoms with E-state index in [1.54, 1.807) is 4.68 Å². The van der Waals surface area contributed by atoms with Crippen molar-refractivity contribution in [2.45, 2.75) is 40.0 Å². The van der Waals surface area contributed by atoms with Gasteiger partial charge in [-0.15, -0.1) is 10.2 Å². The summed E-state index contributed by atoms with van der Waals surface area (Å²) in [6, 6.07) is 1.88. The highest BCUT2D eigenvalue weighted by atomic mass is 16.5. The number of rotatable bonds is 4. The zero-order chi connectivity index (χ0) is 25.4. The van der Waals surface area contributed by atoms with E-state index in [2.05, 4.69) is 35.4 Å². The lowest BCUT2D eigenvalue weighted by molar-refractivity contribution is 0.151. The number of aliphatic hydroxyl groups excluding tert-OH is 1. The van der Waals surface area contributed by atoms with E-state index in [1.165, 1.54) is 0 Å². The molecular formula is C24H30N8O4. The molecule has 0 saturated heterocycles. The molecule has 5 rings (SSSR count). The number of aliphatic hydroxyl groups is 1. The van der Waals surface area contributed by atoms with Gasteiger partial charge < -0.3 is 19.6 Å². The Morgan fingerprint density at radius 1 is 1.28 bits per heavy atom. The molecule has 2 bridgehead atoms. The largest absolute Gasteiger partial charge is 0.476 e. The molecule has 4 aromatic heterocycles.